The molecule has 3 aromatic rings. The fourth-order valence-electron chi connectivity index (χ4n) is 4.19. The van der Waals surface area contributed by atoms with E-state index in [9.17, 15) is 14.4 Å². The minimum absolute atomic E-state index is 0.0810. The van der Waals surface area contributed by atoms with Crippen molar-refractivity contribution >= 4 is 34.7 Å². The molecule has 0 fully saturated rings. The molecule has 0 radical (unpaired) electrons. The number of nitrogens with zero attached hydrogens (tertiary/aromatic N) is 2. The second-order valence-electron chi connectivity index (χ2n) is 9.23. The average Bonchev–Trinajstić information content (AvgIpc) is 3.45. The van der Waals surface area contributed by atoms with Crippen molar-refractivity contribution in [3.05, 3.63) is 108 Å². The molecule has 3 aromatic carbocycles. The number of esters is 2. The van der Waals surface area contributed by atoms with Gasteiger partial charge in [-0.1, -0.05) is 103 Å². The quantitative estimate of drug-likeness (QED) is 0.326. The lowest BCUT2D eigenvalue weighted by Gasteiger charge is -2.26. The van der Waals surface area contributed by atoms with Crippen molar-refractivity contribution in [3.8, 4) is 0 Å². The normalized spacial score (nSPS) is 16.1. The van der Waals surface area contributed by atoms with Crippen LogP contribution in [0.15, 0.2) is 96.1 Å². The Morgan fingerprint density at radius 2 is 1.50 bits per heavy atom. The van der Waals surface area contributed by atoms with E-state index in [0.29, 0.717) is 17.9 Å². The minimum Gasteiger partial charge on any atom is -0.465 e. The first kappa shape index (κ1) is 29.0. The average molecular weight is 560 g/mol. The van der Waals surface area contributed by atoms with E-state index in [-0.39, 0.29) is 13.2 Å². The van der Waals surface area contributed by atoms with Crippen LogP contribution in [0.1, 0.15) is 37.0 Å². The molecule has 8 nitrogen and oxygen atoms in total. The van der Waals surface area contributed by atoms with Gasteiger partial charge in [0.15, 0.2) is 0 Å². The SMILES string of the molecule is CCOC(=O)[C@H](CCc1ccccc1)N[C@@H](C)C(=O)N1N=C(c2ccccc2)S[C@H]1C(=O)OCc1ccccc1. The predicted octanol–water partition coefficient (Wildman–Crippen LogP) is 4.54. The summed E-state index contributed by atoms with van der Waals surface area (Å²) < 4.78 is 10.8. The Morgan fingerprint density at radius 3 is 2.12 bits per heavy atom. The van der Waals surface area contributed by atoms with E-state index in [1.807, 2.05) is 91.0 Å². The first-order valence-electron chi connectivity index (χ1n) is 13.3. The number of benzene rings is 3. The zero-order valence-corrected chi connectivity index (χ0v) is 23.4. The number of aryl methyl sites for hydroxylation is 1. The van der Waals surface area contributed by atoms with Crippen LogP contribution in [0.25, 0.3) is 0 Å². The van der Waals surface area contributed by atoms with Crippen molar-refractivity contribution in [1.82, 2.24) is 10.3 Å². The first-order valence-corrected chi connectivity index (χ1v) is 14.1. The van der Waals surface area contributed by atoms with Gasteiger partial charge in [0, 0.05) is 5.56 Å². The Kier molecular flexibility index (Phi) is 10.5. The molecular weight excluding hydrogens is 526 g/mol. The number of hydrazone groups is 1. The van der Waals surface area contributed by atoms with E-state index >= 15 is 0 Å². The Labute approximate surface area is 238 Å². The van der Waals surface area contributed by atoms with Gasteiger partial charge in [0.25, 0.3) is 5.91 Å². The lowest BCUT2D eigenvalue weighted by molar-refractivity contribution is -0.153. The fraction of sp³-hybridized carbons (Fsp3) is 0.290. The van der Waals surface area contributed by atoms with Crippen molar-refractivity contribution in [2.75, 3.05) is 6.61 Å². The maximum absolute atomic E-state index is 13.7. The lowest BCUT2D eigenvalue weighted by atomic mass is 10.0. The number of hydrogen-bond donors (Lipinski definition) is 1. The van der Waals surface area contributed by atoms with Crippen LogP contribution in [0.3, 0.4) is 0 Å². The standard InChI is InChI=1S/C31H33N3O5S/c1-3-38-30(36)26(20-19-23-13-7-4-8-14-23)32-22(2)28(35)34-29(31(37)39-21-24-15-9-5-10-16-24)40-27(33-34)25-17-11-6-12-18-25/h4-18,22,26,29,32H,3,19-21H2,1-2H3/t22-,26-,29-/m0/s1. The molecule has 208 valence electrons. The molecule has 9 heteroatoms. The summed E-state index contributed by atoms with van der Waals surface area (Å²) in [5, 5.41) is 8.35. The maximum Gasteiger partial charge on any atom is 0.342 e. The van der Waals surface area contributed by atoms with E-state index in [1.54, 1.807) is 13.8 Å². The van der Waals surface area contributed by atoms with Crippen LogP contribution < -0.4 is 5.32 Å². The number of ether oxygens (including phenoxy) is 2. The fourth-order valence-corrected chi connectivity index (χ4v) is 5.22. The molecule has 1 amide bonds. The van der Waals surface area contributed by atoms with Gasteiger partial charge in [0.2, 0.25) is 5.37 Å². The van der Waals surface area contributed by atoms with Crippen molar-refractivity contribution < 1.29 is 23.9 Å². The molecule has 0 aromatic heterocycles. The molecule has 1 N–H and O–H groups in total. The van der Waals surface area contributed by atoms with Gasteiger partial charge in [-0.3, -0.25) is 14.9 Å². The van der Waals surface area contributed by atoms with Gasteiger partial charge in [-0.15, -0.1) is 0 Å². The molecule has 0 spiro atoms. The van der Waals surface area contributed by atoms with Crippen molar-refractivity contribution in [2.45, 2.75) is 50.8 Å². The van der Waals surface area contributed by atoms with Crippen LogP contribution in [0, 0.1) is 0 Å². The summed E-state index contributed by atoms with van der Waals surface area (Å²) in [6, 6.07) is 27.0. The zero-order valence-electron chi connectivity index (χ0n) is 22.6. The number of rotatable bonds is 12. The molecule has 4 rings (SSSR count). The number of amides is 1. The third-order valence-electron chi connectivity index (χ3n) is 6.27. The van der Waals surface area contributed by atoms with Crippen LogP contribution in [0.4, 0.5) is 0 Å². The largest absolute Gasteiger partial charge is 0.465 e. The summed E-state index contributed by atoms with van der Waals surface area (Å²) >= 11 is 1.16. The molecule has 0 unspecified atom stereocenters. The van der Waals surface area contributed by atoms with Gasteiger partial charge < -0.3 is 9.47 Å². The molecule has 40 heavy (non-hydrogen) atoms. The Bertz CT molecular complexity index is 1300. The molecule has 0 saturated heterocycles. The molecule has 1 heterocycles. The van der Waals surface area contributed by atoms with Gasteiger partial charge in [-0.05, 0) is 37.8 Å². The zero-order chi connectivity index (χ0) is 28.3. The summed E-state index contributed by atoms with van der Waals surface area (Å²) in [5.74, 6) is -1.45. The molecule has 3 atom stereocenters. The summed E-state index contributed by atoms with van der Waals surface area (Å²) in [7, 11) is 0. The van der Waals surface area contributed by atoms with E-state index < -0.39 is 35.3 Å². The van der Waals surface area contributed by atoms with E-state index in [0.717, 1.165) is 33.5 Å². The van der Waals surface area contributed by atoms with Crippen molar-refractivity contribution in [1.29, 1.82) is 0 Å². The van der Waals surface area contributed by atoms with Crippen LogP contribution in [-0.2, 0) is 36.9 Å². The second-order valence-corrected chi connectivity index (χ2v) is 10.3. The number of hydrogen-bond acceptors (Lipinski definition) is 8. The van der Waals surface area contributed by atoms with E-state index in [4.69, 9.17) is 9.47 Å². The summed E-state index contributed by atoms with van der Waals surface area (Å²) in [6.07, 6.45) is 1.07. The third kappa shape index (κ3) is 7.80. The molecule has 0 aliphatic carbocycles. The van der Waals surface area contributed by atoms with Gasteiger partial charge in [0.05, 0.1) is 12.6 Å². The van der Waals surface area contributed by atoms with Crippen molar-refractivity contribution in [3.63, 3.8) is 0 Å². The van der Waals surface area contributed by atoms with Gasteiger partial charge in [-0.2, -0.15) is 5.10 Å². The molecule has 1 aliphatic rings. The highest BCUT2D eigenvalue weighted by Crippen LogP contribution is 2.31. The minimum atomic E-state index is -0.999. The number of thioether (sulfide) groups is 1. The summed E-state index contributed by atoms with van der Waals surface area (Å²) in [5.41, 5.74) is 2.70. The third-order valence-corrected chi connectivity index (χ3v) is 7.43. The first-order chi connectivity index (χ1) is 19.5. The second kappa shape index (κ2) is 14.4. The van der Waals surface area contributed by atoms with Crippen LogP contribution in [-0.4, -0.2) is 52.0 Å². The van der Waals surface area contributed by atoms with Gasteiger partial charge in [-0.25, -0.2) is 9.80 Å². The number of carbonyl (C=O) groups excluding carboxylic acids is 3. The lowest BCUT2D eigenvalue weighted by Crippen LogP contribution is -2.52. The van der Waals surface area contributed by atoms with Crippen molar-refractivity contribution in [2.24, 2.45) is 5.10 Å². The van der Waals surface area contributed by atoms with Gasteiger partial charge >= 0.3 is 11.9 Å². The highest BCUT2D eigenvalue weighted by atomic mass is 32.2. The van der Waals surface area contributed by atoms with Crippen LogP contribution >= 0.6 is 11.8 Å². The Balaban J connectivity index is 1.49. The Morgan fingerprint density at radius 1 is 0.900 bits per heavy atom. The number of carbonyl (C=O) groups is 3. The summed E-state index contributed by atoms with van der Waals surface area (Å²) in [6.45, 7) is 3.71. The molecule has 0 bridgehead atoms. The summed E-state index contributed by atoms with van der Waals surface area (Å²) in [4.78, 5) is 39.6. The Hall–Kier alpha value is -3.95. The predicted molar refractivity (Wildman–Crippen MR) is 155 cm³/mol. The topological polar surface area (TPSA) is 97.3 Å². The maximum atomic E-state index is 13.7. The highest BCUT2D eigenvalue weighted by Gasteiger charge is 2.41. The molecule has 0 saturated carbocycles. The number of nitrogens with one attached hydrogen (secondary N) is 1. The van der Waals surface area contributed by atoms with Crippen LogP contribution in [0.5, 0.6) is 0 Å². The monoisotopic (exact) mass is 559 g/mol. The van der Waals surface area contributed by atoms with Crippen LogP contribution in [0.2, 0.25) is 0 Å². The van der Waals surface area contributed by atoms with E-state index in [1.165, 1.54) is 0 Å². The highest BCUT2D eigenvalue weighted by molar-refractivity contribution is 8.15. The molecular formula is C31H33N3O5S. The van der Waals surface area contributed by atoms with Gasteiger partial charge in [0.1, 0.15) is 17.7 Å². The molecule has 1 aliphatic heterocycles. The smallest absolute Gasteiger partial charge is 0.342 e. The van der Waals surface area contributed by atoms with E-state index in [2.05, 4.69) is 10.4 Å².